The van der Waals surface area contributed by atoms with Gasteiger partial charge in [0.2, 0.25) is 10.0 Å². The van der Waals surface area contributed by atoms with Crippen molar-refractivity contribution < 1.29 is 22.7 Å². The molecule has 1 aromatic rings. The third kappa shape index (κ3) is 5.67. The Morgan fingerprint density at radius 2 is 1.93 bits per heavy atom. The molecule has 0 aliphatic carbocycles. The zero-order valence-corrected chi connectivity index (χ0v) is 17.1. The molecule has 0 saturated carbocycles. The van der Waals surface area contributed by atoms with E-state index in [2.05, 4.69) is 5.32 Å². The van der Waals surface area contributed by atoms with Crippen molar-refractivity contribution in [1.82, 2.24) is 4.31 Å². The monoisotopic (exact) mass is 416 g/mol. The number of esters is 1. The van der Waals surface area contributed by atoms with Crippen molar-refractivity contribution in [3.63, 3.8) is 0 Å². The Labute approximate surface area is 165 Å². The van der Waals surface area contributed by atoms with Gasteiger partial charge in [-0.3, -0.25) is 9.59 Å². The van der Waals surface area contributed by atoms with Gasteiger partial charge >= 0.3 is 5.97 Å². The summed E-state index contributed by atoms with van der Waals surface area (Å²) in [6, 6.07) is 4.19. The summed E-state index contributed by atoms with van der Waals surface area (Å²) in [5, 5.41) is 2.74. The van der Waals surface area contributed by atoms with Crippen LogP contribution in [0, 0.1) is 0 Å². The number of hydrogen-bond donors (Lipinski definition) is 1. The topological polar surface area (TPSA) is 92.8 Å². The first-order valence-electron chi connectivity index (χ1n) is 9.05. The van der Waals surface area contributed by atoms with Crippen molar-refractivity contribution in [1.29, 1.82) is 0 Å². The summed E-state index contributed by atoms with van der Waals surface area (Å²) in [6.07, 6.45) is 2.51. The van der Waals surface area contributed by atoms with Crippen molar-refractivity contribution in [2.75, 3.05) is 18.4 Å². The molecule has 1 N–H and O–H groups in total. The van der Waals surface area contributed by atoms with E-state index >= 15 is 0 Å². The number of hydrogen-bond acceptors (Lipinski definition) is 5. The highest BCUT2D eigenvalue weighted by Gasteiger charge is 2.27. The van der Waals surface area contributed by atoms with E-state index < -0.39 is 28.0 Å². The Morgan fingerprint density at radius 3 is 2.56 bits per heavy atom. The fourth-order valence-electron chi connectivity index (χ4n) is 2.76. The van der Waals surface area contributed by atoms with Crippen molar-refractivity contribution in [2.24, 2.45) is 0 Å². The molecule has 0 spiro atoms. The Kier molecular flexibility index (Phi) is 7.64. The van der Waals surface area contributed by atoms with Gasteiger partial charge in [0, 0.05) is 19.5 Å². The van der Waals surface area contributed by atoms with Gasteiger partial charge in [0.1, 0.15) is 0 Å². The van der Waals surface area contributed by atoms with E-state index in [4.69, 9.17) is 16.3 Å². The van der Waals surface area contributed by atoms with E-state index in [0.717, 1.165) is 19.3 Å². The lowest BCUT2D eigenvalue weighted by Gasteiger charge is -2.26. The maximum absolute atomic E-state index is 12.8. The van der Waals surface area contributed by atoms with Crippen LogP contribution in [-0.2, 0) is 24.3 Å². The summed E-state index contributed by atoms with van der Waals surface area (Å²) < 4.78 is 32.1. The number of halogens is 1. The summed E-state index contributed by atoms with van der Waals surface area (Å²) in [5.41, 5.74) is 0.165. The van der Waals surface area contributed by atoms with E-state index in [-0.39, 0.29) is 22.0 Å². The number of rotatable bonds is 7. The predicted molar refractivity (Wildman–Crippen MR) is 103 cm³/mol. The molecule has 1 aliphatic rings. The second-order valence-electron chi connectivity index (χ2n) is 6.48. The van der Waals surface area contributed by atoms with E-state index in [1.165, 1.54) is 29.4 Å². The number of sulfonamides is 1. The molecule has 27 heavy (non-hydrogen) atoms. The fourth-order valence-corrected chi connectivity index (χ4v) is 4.47. The molecule has 0 radical (unpaired) electrons. The summed E-state index contributed by atoms with van der Waals surface area (Å²) in [5.74, 6) is -1.04. The van der Waals surface area contributed by atoms with Crippen LogP contribution in [0.4, 0.5) is 5.69 Å². The van der Waals surface area contributed by atoms with Crippen LogP contribution in [0.3, 0.4) is 0 Å². The standard InChI is InChI=1S/C18H25ClN2O5S/c1-3-7-17(22)26-13(2)18(23)20-16-12-14(8-9-15(16)19)27(24,25)21-10-5-4-6-11-21/h8-9,12-13H,3-7,10-11H2,1-2H3,(H,20,23)/t13-/m1/s1. The quantitative estimate of drug-likeness (QED) is 0.689. The van der Waals surface area contributed by atoms with Crippen molar-refractivity contribution >= 4 is 39.2 Å². The number of carbonyl (C=O) groups excluding carboxylic acids is 2. The van der Waals surface area contributed by atoms with Crippen LogP contribution in [0.2, 0.25) is 5.02 Å². The Balaban J connectivity index is 2.15. The molecule has 9 heteroatoms. The number of amides is 1. The van der Waals surface area contributed by atoms with Crippen molar-refractivity contribution in [2.45, 2.75) is 57.0 Å². The molecule has 7 nitrogen and oxygen atoms in total. The lowest BCUT2D eigenvalue weighted by Crippen LogP contribution is -2.35. The first kappa shape index (κ1) is 21.7. The zero-order chi connectivity index (χ0) is 20.0. The van der Waals surface area contributed by atoms with E-state index in [0.29, 0.717) is 19.5 Å². The molecule has 2 rings (SSSR count). The molecule has 1 fully saturated rings. The highest BCUT2D eigenvalue weighted by Crippen LogP contribution is 2.28. The molecular formula is C18H25ClN2O5S. The van der Waals surface area contributed by atoms with Crippen LogP contribution in [-0.4, -0.2) is 43.8 Å². The first-order chi connectivity index (χ1) is 12.8. The van der Waals surface area contributed by atoms with Gasteiger partial charge in [-0.1, -0.05) is 24.9 Å². The highest BCUT2D eigenvalue weighted by molar-refractivity contribution is 7.89. The molecule has 1 atom stereocenters. The Bertz CT molecular complexity index is 791. The molecule has 1 saturated heterocycles. The lowest BCUT2D eigenvalue weighted by molar-refractivity contribution is -0.153. The van der Waals surface area contributed by atoms with Gasteiger partial charge in [0.15, 0.2) is 6.10 Å². The van der Waals surface area contributed by atoms with Gasteiger partial charge in [-0.15, -0.1) is 0 Å². The largest absolute Gasteiger partial charge is 0.453 e. The SMILES string of the molecule is CCCC(=O)O[C@H](C)C(=O)Nc1cc(S(=O)(=O)N2CCCCC2)ccc1Cl. The molecular weight excluding hydrogens is 392 g/mol. The van der Waals surface area contributed by atoms with Gasteiger partial charge in [0.25, 0.3) is 5.91 Å². The first-order valence-corrected chi connectivity index (χ1v) is 10.9. The van der Waals surface area contributed by atoms with Crippen molar-refractivity contribution in [3.8, 4) is 0 Å². The number of ether oxygens (including phenoxy) is 1. The van der Waals surface area contributed by atoms with Gasteiger partial charge in [-0.05, 0) is 44.4 Å². The summed E-state index contributed by atoms with van der Waals surface area (Å²) in [6.45, 7) is 4.25. The number of nitrogens with zero attached hydrogens (tertiary/aromatic N) is 1. The second kappa shape index (κ2) is 9.52. The van der Waals surface area contributed by atoms with Crippen LogP contribution >= 0.6 is 11.6 Å². The van der Waals surface area contributed by atoms with E-state index in [1.807, 2.05) is 6.92 Å². The molecule has 0 bridgehead atoms. The smallest absolute Gasteiger partial charge is 0.306 e. The minimum atomic E-state index is -3.65. The molecule has 1 amide bonds. The van der Waals surface area contributed by atoms with Gasteiger partial charge in [-0.2, -0.15) is 4.31 Å². The maximum Gasteiger partial charge on any atom is 0.306 e. The third-order valence-electron chi connectivity index (χ3n) is 4.28. The maximum atomic E-state index is 12.8. The molecule has 1 heterocycles. The van der Waals surface area contributed by atoms with Crippen LogP contribution in [0.5, 0.6) is 0 Å². The van der Waals surface area contributed by atoms with Crippen molar-refractivity contribution in [3.05, 3.63) is 23.2 Å². The van der Waals surface area contributed by atoms with Crippen LogP contribution in [0.25, 0.3) is 0 Å². The zero-order valence-electron chi connectivity index (χ0n) is 15.5. The lowest BCUT2D eigenvalue weighted by atomic mass is 10.2. The van der Waals surface area contributed by atoms with E-state index in [9.17, 15) is 18.0 Å². The third-order valence-corrected chi connectivity index (χ3v) is 6.50. The minimum absolute atomic E-state index is 0.0692. The normalized spacial score (nSPS) is 16.6. The molecule has 1 aliphatic heterocycles. The summed E-state index contributed by atoms with van der Waals surface area (Å²) in [4.78, 5) is 23.9. The second-order valence-corrected chi connectivity index (χ2v) is 8.82. The summed E-state index contributed by atoms with van der Waals surface area (Å²) >= 11 is 6.11. The van der Waals surface area contributed by atoms with Crippen LogP contribution in [0.1, 0.15) is 46.0 Å². The average molecular weight is 417 g/mol. The highest BCUT2D eigenvalue weighted by atomic mass is 35.5. The number of benzene rings is 1. The predicted octanol–water partition coefficient (Wildman–Crippen LogP) is 3.18. The average Bonchev–Trinajstić information content (AvgIpc) is 2.64. The number of piperidine rings is 1. The van der Waals surface area contributed by atoms with E-state index in [1.54, 1.807) is 0 Å². The molecule has 1 aromatic carbocycles. The minimum Gasteiger partial charge on any atom is -0.453 e. The molecule has 0 aromatic heterocycles. The Hall–Kier alpha value is -1.64. The number of nitrogens with one attached hydrogen (secondary N) is 1. The summed E-state index contributed by atoms with van der Waals surface area (Å²) in [7, 11) is -3.65. The molecule has 0 unspecified atom stereocenters. The number of anilines is 1. The fraction of sp³-hybridized carbons (Fsp3) is 0.556. The van der Waals surface area contributed by atoms with Gasteiger partial charge in [0.05, 0.1) is 15.6 Å². The van der Waals surface area contributed by atoms with Gasteiger partial charge < -0.3 is 10.1 Å². The van der Waals surface area contributed by atoms with Gasteiger partial charge in [-0.25, -0.2) is 8.42 Å². The van der Waals surface area contributed by atoms with Crippen LogP contribution < -0.4 is 5.32 Å². The number of carbonyl (C=O) groups is 2. The Morgan fingerprint density at radius 1 is 1.26 bits per heavy atom. The molecule has 150 valence electrons. The van der Waals surface area contributed by atoms with Crippen LogP contribution in [0.15, 0.2) is 23.1 Å².